The highest BCUT2D eigenvalue weighted by Gasteiger charge is 2.35. The van der Waals surface area contributed by atoms with Crippen LogP contribution in [0.1, 0.15) is 51.5 Å². The minimum atomic E-state index is -0.317. The molecule has 1 aliphatic heterocycles. The molecule has 7 heteroatoms. The van der Waals surface area contributed by atoms with E-state index in [1.807, 2.05) is 12.1 Å². The highest BCUT2D eigenvalue weighted by molar-refractivity contribution is 7.09. The van der Waals surface area contributed by atoms with Crippen molar-refractivity contribution in [2.75, 3.05) is 13.1 Å². The van der Waals surface area contributed by atoms with Crippen LogP contribution in [0.2, 0.25) is 0 Å². The van der Waals surface area contributed by atoms with Crippen molar-refractivity contribution >= 4 is 23.2 Å². The van der Waals surface area contributed by atoms with Crippen molar-refractivity contribution in [3.8, 4) is 11.3 Å². The van der Waals surface area contributed by atoms with Crippen molar-refractivity contribution in [2.45, 2.75) is 58.9 Å². The van der Waals surface area contributed by atoms with Gasteiger partial charge >= 0.3 is 0 Å². The highest BCUT2D eigenvalue weighted by atomic mass is 32.1. The summed E-state index contributed by atoms with van der Waals surface area (Å²) >= 11 is 1.64. The van der Waals surface area contributed by atoms with Crippen molar-refractivity contribution in [1.29, 1.82) is 0 Å². The van der Waals surface area contributed by atoms with Gasteiger partial charge in [0.15, 0.2) is 0 Å². The zero-order valence-electron chi connectivity index (χ0n) is 17.5. The van der Waals surface area contributed by atoms with E-state index in [9.17, 15) is 9.59 Å². The SMILES string of the molecule is CC(C)(C)CC(=O)N1CCCC1C(=O)NCCCc1nc(-c2ccncc2)cs1. The second-order valence-electron chi connectivity index (χ2n) is 8.74. The van der Waals surface area contributed by atoms with Crippen LogP contribution < -0.4 is 5.32 Å². The third-order valence-electron chi connectivity index (χ3n) is 4.95. The molecule has 0 aliphatic carbocycles. The van der Waals surface area contributed by atoms with E-state index in [0.29, 0.717) is 19.5 Å². The van der Waals surface area contributed by atoms with E-state index < -0.39 is 0 Å². The van der Waals surface area contributed by atoms with Crippen LogP contribution in [0, 0.1) is 5.41 Å². The molecule has 156 valence electrons. The smallest absolute Gasteiger partial charge is 0.242 e. The van der Waals surface area contributed by atoms with Crippen LogP contribution in [0.5, 0.6) is 0 Å². The Morgan fingerprint density at radius 3 is 2.76 bits per heavy atom. The zero-order valence-corrected chi connectivity index (χ0v) is 18.3. The summed E-state index contributed by atoms with van der Waals surface area (Å²) in [5.41, 5.74) is 1.97. The van der Waals surface area contributed by atoms with Gasteiger partial charge in [0.25, 0.3) is 0 Å². The highest BCUT2D eigenvalue weighted by Crippen LogP contribution is 2.25. The average Bonchev–Trinajstić information content (AvgIpc) is 3.34. The summed E-state index contributed by atoms with van der Waals surface area (Å²) in [6.07, 6.45) is 7.31. The maximum absolute atomic E-state index is 12.6. The van der Waals surface area contributed by atoms with E-state index in [1.165, 1.54) is 0 Å². The normalized spacial score (nSPS) is 16.8. The molecule has 1 atom stereocenters. The van der Waals surface area contributed by atoms with Crippen molar-refractivity contribution in [2.24, 2.45) is 5.41 Å². The lowest BCUT2D eigenvalue weighted by Crippen LogP contribution is -2.46. The first-order chi connectivity index (χ1) is 13.8. The van der Waals surface area contributed by atoms with Gasteiger partial charge in [-0.05, 0) is 36.8 Å². The summed E-state index contributed by atoms with van der Waals surface area (Å²) in [5, 5.41) is 6.14. The molecular formula is C22H30N4O2S. The van der Waals surface area contributed by atoms with Crippen LogP contribution >= 0.6 is 11.3 Å². The monoisotopic (exact) mass is 414 g/mol. The molecule has 1 aliphatic rings. The molecule has 1 saturated heterocycles. The Bertz CT molecular complexity index is 829. The minimum Gasteiger partial charge on any atom is -0.354 e. The van der Waals surface area contributed by atoms with Gasteiger partial charge in [0.2, 0.25) is 11.8 Å². The molecule has 29 heavy (non-hydrogen) atoms. The lowest BCUT2D eigenvalue weighted by atomic mass is 9.91. The molecular weight excluding hydrogens is 384 g/mol. The Balaban J connectivity index is 1.44. The maximum Gasteiger partial charge on any atom is 0.242 e. The first-order valence-electron chi connectivity index (χ1n) is 10.3. The second-order valence-corrected chi connectivity index (χ2v) is 9.68. The summed E-state index contributed by atoms with van der Waals surface area (Å²) in [7, 11) is 0. The Kier molecular flexibility index (Phi) is 7.00. The number of amides is 2. The Labute approximate surface area is 176 Å². The zero-order chi connectivity index (χ0) is 20.9. The van der Waals surface area contributed by atoms with Crippen LogP contribution in [0.4, 0.5) is 0 Å². The van der Waals surface area contributed by atoms with Gasteiger partial charge in [-0.1, -0.05) is 20.8 Å². The van der Waals surface area contributed by atoms with Gasteiger partial charge in [-0.25, -0.2) is 4.98 Å². The maximum atomic E-state index is 12.6. The van der Waals surface area contributed by atoms with E-state index in [4.69, 9.17) is 0 Å². The minimum absolute atomic E-state index is 0.0265. The molecule has 1 unspecified atom stereocenters. The Morgan fingerprint density at radius 1 is 1.28 bits per heavy atom. The fraction of sp³-hybridized carbons (Fsp3) is 0.545. The molecule has 3 heterocycles. The van der Waals surface area contributed by atoms with E-state index in [1.54, 1.807) is 28.6 Å². The van der Waals surface area contributed by atoms with E-state index in [0.717, 1.165) is 41.9 Å². The second kappa shape index (κ2) is 9.48. The number of aromatic nitrogens is 2. The summed E-state index contributed by atoms with van der Waals surface area (Å²) in [4.78, 5) is 35.6. The van der Waals surface area contributed by atoms with Crippen LogP contribution in [0.25, 0.3) is 11.3 Å². The molecule has 0 saturated carbocycles. The average molecular weight is 415 g/mol. The fourth-order valence-electron chi connectivity index (χ4n) is 3.54. The van der Waals surface area contributed by atoms with Gasteiger partial charge in [0.1, 0.15) is 6.04 Å². The number of thiazole rings is 1. The molecule has 1 fully saturated rings. The number of likely N-dealkylation sites (tertiary alicyclic amines) is 1. The number of carbonyl (C=O) groups excluding carboxylic acids is 2. The largest absolute Gasteiger partial charge is 0.354 e. The van der Waals surface area contributed by atoms with E-state index in [-0.39, 0.29) is 23.3 Å². The van der Waals surface area contributed by atoms with Crippen LogP contribution in [-0.4, -0.2) is 45.8 Å². The molecule has 6 nitrogen and oxygen atoms in total. The predicted octanol–water partition coefficient (Wildman–Crippen LogP) is 3.68. The number of carbonyl (C=O) groups is 2. The standard InChI is InChI=1S/C22H30N4O2S/c1-22(2,3)14-20(27)26-13-5-6-18(26)21(28)24-10-4-7-19-25-17(15-29-19)16-8-11-23-12-9-16/h8-9,11-12,15,18H,4-7,10,13-14H2,1-3H3,(H,24,28). The molecule has 2 amide bonds. The Morgan fingerprint density at radius 2 is 2.03 bits per heavy atom. The summed E-state index contributed by atoms with van der Waals surface area (Å²) in [6, 6.07) is 3.59. The van der Waals surface area contributed by atoms with E-state index >= 15 is 0 Å². The third kappa shape index (κ3) is 6.10. The first kappa shape index (κ1) is 21.4. The van der Waals surface area contributed by atoms with Gasteiger partial charge in [-0.3, -0.25) is 14.6 Å². The van der Waals surface area contributed by atoms with Crippen LogP contribution in [-0.2, 0) is 16.0 Å². The summed E-state index contributed by atoms with van der Waals surface area (Å²) in [6.45, 7) is 7.43. The van der Waals surface area contributed by atoms with Crippen molar-refractivity contribution in [3.05, 3.63) is 34.9 Å². The Hall–Kier alpha value is -2.28. The third-order valence-corrected chi connectivity index (χ3v) is 5.86. The number of rotatable bonds is 7. The van der Waals surface area contributed by atoms with Gasteiger partial charge in [-0.2, -0.15) is 0 Å². The van der Waals surface area contributed by atoms with Gasteiger partial charge in [-0.15, -0.1) is 11.3 Å². The molecule has 0 radical (unpaired) electrons. The van der Waals surface area contributed by atoms with Crippen molar-refractivity contribution in [3.63, 3.8) is 0 Å². The number of nitrogens with zero attached hydrogens (tertiary/aromatic N) is 3. The van der Waals surface area contributed by atoms with Crippen molar-refractivity contribution < 1.29 is 9.59 Å². The molecule has 0 aromatic carbocycles. The topological polar surface area (TPSA) is 75.2 Å². The number of hydrogen-bond donors (Lipinski definition) is 1. The number of aryl methyl sites for hydroxylation is 1. The lowest BCUT2D eigenvalue weighted by Gasteiger charge is -2.27. The van der Waals surface area contributed by atoms with Gasteiger partial charge in [0, 0.05) is 49.3 Å². The quantitative estimate of drug-likeness (QED) is 0.701. The molecule has 0 spiro atoms. The van der Waals surface area contributed by atoms with Gasteiger partial charge in [0.05, 0.1) is 10.7 Å². The van der Waals surface area contributed by atoms with Crippen molar-refractivity contribution in [1.82, 2.24) is 20.2 Å². The number of hydrogen-bond acceptors (Lipinski definition) is 5. The summed E-state index contributed by atoms with van der Waals surface area (Å²) < 4.78 is 0. The number of nitrogens with one attached hydrogen (secondary N) is 1. The predicted molar refractivity (Wildman–Crippen MR) is 115 cm³/mol. The molecule has 1 N–H and O–H groups in total. The molecule has 2 aromatic heterocycles. The first-order valence-corrected chi connectivity index (χ1v) is 11.1. The summed E-state index contributed by atoms with van der Waals surface area (Å²) in [5.74, 6) is 0.0583. The number of pyridine rings is 1. The molecule has 2 aromatic rings. The lowest BCUT2D eigenvalue weighted by molar-refractivity contribution is -0.139. The van der Waals surface area contributed by atoms with E-state index in [2.05, 4.69) is 41.4 Å². The van der Waals surface area contributed by atoms with Crippen LogP contribution in [0.15, 0.2) is 29.9 Å². The van der Waals surface area contributed by atoms with Gasteiger partial charge < -0.3 is 10.2 Å². The fourth-order valence-corrected chi connectivity index (χ4v) is 4.39. The molecule has 0 bridgehead atoms. The molecule has 3 rings (SSSR count). The van der Waals surface area contributed by atoms with Crippen LogP contribution in [0.3, 0.4) is 0 Å².